The van der Waals surface area contributed by atoms with E-state index in [1.165, 1.54) is 0 Å². The minimum Gasteiger partial charge on any atom is -0.482 e. The second kappa shape index (κ2) is 10.3. The Hall–Kier alpha value is -0.430. The van der Waals surface area contributed by atoms with E-state index >= 15 is 0 Å². The van der Waals surface area contributed by atoms with Gasteiger partial charge in [-0.15, -0.1) is 0 Å². The first-order valence-electron chi connectivity index (χ1n) is 6.16. The molecule has 0 unspecified atom stereocenters. The van der Waals surface area contributed by atoms with E-state index < -0.39 is 0 Å². The number of benzene rings is 1. The van der Waals surface area contributed by atoms with E-state index in [0.29, 0.717) is 17.3 Å². The number of hydrogen-bond donors (Lipinski definition) is 2. The van der Waals surface area contributed by atoms with Crippen LogP contribution in [0.5, 0.6) is 5.75 Å². The summed E-state index contributed by atoms with van der Waals surface area (Å²) in [6.07, 6.45) is 0.782. The van der Waals surface area contributed by atoms with Gasteiger partial charge in [0.25, 0.3) is 5.91 Å². The molecule has 0 aliphatic heterocycles. The zero-order valence-corrected chi connectivity index (χ0v) is 14.1. The Morgan fingerprint density at radius 1 is 1.45 bits per heavy atom. The summed E-state index contributed by atoms with van der Waals surface area (Å²) in [6.45, 7) is 0.746. The highest BCUT2D eigenvalue weighted by Gasteiger charge is 2.05. The van der Waals surface area contributed by atoms with E-state index in [9.17, 15) is 4.79 Å². The highest BCUT2D eigenvalue weighted by atomic mass is 79.9. The van der Waals surface area contributed by atoms with Crippen LogP contribution in [0.4, 0.5) is 0 Å². The van der Waals surface area contributed by atoms with Gasteiger partial charge >= 0.3 is 0 Å². The first-order chi connectivity index (χ1) is 9.63. The summed E-state index contributed by atoms with van der Waals surface area (Å²) in [7, 11) is 0. The number of aliphatic hydroxyl groups is 1. The normalized spacial score (nSPS) is 10.3. The van der Waals surface area contributed by atoms with Gasteiger partial charge in [0.15, 0.2) is 6.61 Å². The average molecular weight is 383 g/mol. The summed E-state index contributed by atoms with van der Waals surface area (Å²) >= 11 is 11.0. The molecule has 0 atom stereocenters. The smallest absolute Gasteiger partial charge is 0.257 e. The van der Waals surface area contributed by atoms with Gasteiger partial charge < -0.3 is 15.2 Å². The maximum atomic E-state index is 11.5. The van der Waals surface area contributed by atoms with Crippen LogP contribution in [0.25, 0.3) is 0 Å². The zero-order valence-electron chi connectivity index (χ0n) is 10.9. The van der Waals surface area contributed by atoms with Crippen LogP contribution in [0, 0.1) is 0 Å². The third-order valence-electron chi connectivity index (χ3n) is 2.27. The molecule has 4 nitrogen and oxygen atoms in total. The van der Waals surface area contributed by atoms with E-state index in [1.807, 2.05) is 0 Å². The average Bonchev–Trinajstić information content (AvgIpc) is 2.41. The van der Waals surface area contributed by atoms with Crippen LogP contribution in [0.3, 0.4) is 0 Å². The Kier molecular flexibility index (Phi) is 9.09. The van der Waals surface area contributed by atoms with E-state index in [-0.39, 0.29) is 19.1 Å². The Bertz CT molecular complexity index is 434. The fourth-order valence-electron chi connectivity index (χ4n) is 1.32. The van der Waals surface area contributed by atoms with Crippen molar-refractivity contribution in [1.82, 2.24) is 5.32 Å². The SMILES string of the molecule is O=C(COc1ccc(Br)cc1Cl)NCCSCCCO. The quantitative estimate of drug-likeness (QED) is 0.645. The monoisotopic (exact) mass is 381 g/mol. The lowest BCUT2D eigenvalue weighted by atomic mass is 10.3. The molecule has 0 radical (unpaired) electrons. The van der Waals surface area contributed by atoms with Crippen molar-refractivity contribution in [2.24, 2.45) is 0 Å². The van der Waals surface area contributed by atoms with E-state index in [0.717, 1.165) is 22.4 Å². The van der Waals surface area contributed by atoms with Crippen molar-refractivity contribution in [2.75, 3.05) is 31.3 Å². The summed E-state index contributed by atoms with van der Waals surface area (Å²) in [6, 6.07) is 5.23. The minimum absolute atomic E-state index is 0.0529. The van der Waals surface area contributed by atoms with Crippen molar-refractivity contribution in [2.45, 2.75) is 6.42 Å². The predicted octanol–water partition coefficient (Wildman–Crippen LogP) is 2.71. The number of aliphatic hydroxyl groups excluding tert-OH is 1. The van der Waals surface area contributed by atoms with Gasteiger partial charge in [-0.3, -0.25) is 4.79 Å². The number of carbonyl (C=O) groups is 1. The topological polar surface area (TPSA) is 58.6 Å². The third kappa shape index (κ3) is 7.38. The van der Waals surface area contributed by atoms with Gasteiger partial charge in [0, 0.05) is 23.4 Å². The number of ether oxygens (including phenoxy) is 1. The van der Waals surface area contributed by atoms with Crippen molar-refractivity contribution in [3.63, 3.8) is 0 Å². The largest absolute Gasteiger partial charge is 0.482 e. The molecule has 0 fully saturated rings. The van der Waals surface area contributed by atoms with E-state index in [4.69, 9.17) is 21.4 Å². The molecule has 0 heterocycles. The lowest BCUT2D eigenvalue weighted by Crippen LogP contribution is -2.30. The third-order valence-corrected chi connectivity index (χ3v) is 4.13. The Labute approximate surface area is 136 Å². The van der Waals surface area contributed by atoms with Crippen LogP contribution < -0.4 is 10.1 Å². The lowest BCUT2D eigenvalue weighted by Gasteiger charge is -2.09. The summed E-state index contributed by atoms with van der Waals surface area (Å²) < 4.78 is 6.20. The molecule has 2 N–H and O–H groups in total. The molecule has 0 saturated heterocycles. The molecule has 0 spiro atoms. The van der Waals surface area contributed by atoms with Gasteiger partial charge in [-0.05, 0) is 30.4 Å². The fourth-order valence-corrected chi connectivity index (χ4v) is 2.83. The van der Waals surface area contributed by atoms with Crippen molar-refractivity contribution >= 4 is 45.2 Å². The van der Waals surface area contributed by atoms with Crippen LogP contribution in [-0.4, -0.2) is 42.3 Å². The molecule has 0 aliphatic carbocycles. The van der Waals surface area contributed by atoms with Crippen LogP contribution in [0.2, 0.25) is 5.02 Å². The maximum Gasteiger partial charge on any atom is 0.257 e. The molecule has 1 amide bonds. The molecule has 0 aromatic heterocycles. The number of thioether (sulfide) groups is 1. The van der Waals surface area contributed by atoms with Crippen molar-refractivity contribution < 1.29 is 14.6 Å². The fraction of sp³-hybridized carbons (Fsp3) is 0.462. The molecule has 0 saturated carbocycles. The van der Waals surface area contributed by atoms with E-state index in [1.54, 1.807) is 30.0 Å². The molecule has 0 bridgehead atoms. The Balaban J connectivity index is 2.16. The van der Waals surface area contributed by atoms with Gasteiger partial charge in [-0.25, -0.2) is 0 Å². The molecular weight excluding hydrogens is 366 g/mol. The summed E-state index contributed by atoms with van der Waals surface area (Å²) in [4.78, 5) is 11.5. The standard InChI is InChI=1S/C13H17BrClNO3S/c14-10-2-3-12(11(15)8-10)19-9-13(18)16-4-7-20-6-1-5-17/h2-3,8,17H,1,4-7,9H2,(H,16,18). The summed E-state index contributed by atoms with van der Waals surface area (Å²) in [5.41, 5.74) is 0. The molecule has 1 aromatic rings. The molecular formula is C13H17BrClNO3S. The second-order valence-electron chi connectivity index (χ2n) is 3.90. The molecule has 20 heavy (non-hydrogen) atoms. The number of nitrogens with one attached hydrogen (secondary N) is 1. The van der Waals surface area contributed by atoms with Crippen molar-refractivity contribution in [1.29, 1.82) is 0 Å². The molecule has 0 aliphatic rings. The predicted molar refractivity (Wildman–Crippen MR) is 86.7 cm³/mol. The number of halogens is 2. The molecule has 7 heteroatoms. The molecule has 1 aromatic carbocycles. The first kappa shape index (κ1) is 17.6. The van der Waals surface area contributed by atoms with E-state index in [2.05, 4.69) is 21.2 Å². The van der Waals surface area contributed by atoms with Crippen molar-refractivity contribution in [3.05, 3.63) is 27.7 Å². The van der Waals surface area contributed by atoms with Gasteiger partial charge in [0.1, 0.15) is 5.75 Å². The second-order valence-corrected chi connectivity index (χ2v) is 6.45. The Morgan fingerprint density at radius 2 is 2.25 bits per heavy atom. The molecule has 1 rings (SSSR count). The number of amides is 1. The number of hydrogen-bond acceptors (Lipinski definition) is 4. The lowest BCUT2D eigenvalue weighted by molar-refractivity contribution is -0.122. The zero-order chi connectivity index (χ0) is 14.8. The van der Waals surface area contributed by atoms with Gasteiger partial charge in [-0.1, -0.05) is 27.5 Å². The van der Waals surface area contributed by atoms with Crippen LogP contribution in [-0.2, 0) is 4.79 Å². The van der Waals surface area contributed by atoms with Gasteiger partial charge in [0.2, 0.25) is 0 Å². The Morgan fingerprint density at radius 3 is 2.95 bits per heavy atom. The summed E-state index contributed by atoms with van der Waals surface area (Å²) in [5.74, 6) is 2.04. The van der Waals surface area contributed by atoms with Gasteiger partial charge in [0.05, 0.1) is 5.02 Å². The highest BCUT2D eigenvalue weighted by molar-refractivity contribution is 9.10. The van der Waals surface area contributed by atoms with Crippen molar-refractivity contribution in [3.8, 4) is 5.75 Å². The summed E-state index contributed by atoms with van der Waals surface area (Å²) in [5, 5.41) is 11.8. The van der Waals surface area contributed by atoms with Crippen LogP contribution in [0.15, 0.2) is 22.7 Å². The van der Waals surface area contributed by atoms with Gasteiger partial charge in [-0.2, -0.15) is 11.8 Å². The first-order valence-corrected chi connectivity index (χ1v) is 8.49. The molecule has 112 valence electrons. The number of carbonyl (C=O) groups excluding carboxylic acids is 1. The van der Waals surface area contributed by atoms with Crippen LogP contribution in [0.1, 0.15) is 6.42 Å². The number of rotatable bonds is 9. The highest BCUT2D eigenvalue weighted by Crippen LogP contribution is 2.27. The van der Waals surface area contributed by atoms with Crippen LogP contribution >= 0.6 is 39.3 Å². The minimum atomic E-state index is -0.174. The maximum absolute atomic E-state index is 11.5.